The van der Waals surface area contributed by atoms with Gasteiger partial charge in [0.15, 0.2) is 0 Å². The van der Waals surface area contributed by atoms with Crippen LogP contribution in [0.2, 0.25) is 0 Å². The molecule has 122 valence electrons. The van der Waals surface area contributed by atoms with Crippen LogP contribution in [-0.4, -0.2) is 9.97 Å². The Hall–Kier alpha value is -1.68. The highest BCUT2D eigenvalue weighted by Gasteiger charge is 2.25. The Labute approximate surface area is 141 Å². The molecular formula is C19H24N2OS. The smallest absolute Gasteiger partial charge is 0.226 e. The van der Waals surface area contributed by atoms with E-state index in [4.69, 9.17) is 4.42 Å². The molecule has 0 unspecified atom stereocenters. The van der Waals surface area contributed by atoms with Gasteiger partial charge in [-0.15, -0.1) is 11.3 Å². The first-order valence-corrected chi connectivity index (χ1v) is 8.87. The Kier molecular flexibility index (Phi) is 4.05. The Bertz CT molecular complexity index is 794. The minimum atomic E-state index is 0.0171. The van der Waals surface area contributed by atoms with Gasteiger partial charge in [0.1, 0.15) is 5.76 Å². The summed E-state index contributed by atoms with van der Waals surface area (Å²) in [6, 6.07) is 4.34. The van der Waals surface area contributed by atoms with E-state index < -0.39 is 0 Å². The minimum absolute atomic E-state index is 0.0171. The molecule has 3 nitrogen and oxygen atoms in total. The molecule has 0 aliphatic carbocycles. The van der Waals surface area contributed by atoms with Crippen molar-refractivity contribution in [3.05, 3.63) is 46.2 Å². The van der Waals surface area contributed by atoms with Crippen molar-refractivity contribution in [1.82, 2.24) is 9.97 Å². The van der Waals surface area contributed by atoms with Crippen LogP contribution in [0.1, 0.15) is 50.8 Å². The maximum atomic E-state index is 5.96. The summed E-state index contributed by atoms with van der Waals surface area (Å²) in [6.45, 7) is 11.2. The lowest BCUT2D eigenvalue weighted by molar-refractivity contribution is 0.410. The number of furan rings is 1. The van der Waals surface area contributed by atoms with Gasteiger partial charge in [-0.25, -0.2) is 4.98 Å². The molecule has 0 aliphatic rings. The van der Waals surface area contributed by atoms with Crippen LogP contribution < -0.4 is 0 Å². The topological polar surface area (TPSA) is 38.9 Å². The summed E-state index contributed by atoms with van der Waals surface area (Å²) < 4.78 is 5.96. The highest BCUT2D eigenvalue weighted by molar-refractivity contribution is 7.09. The predicted octanol–water partition coefficient (Wildman–Crippen LogP) is 5.39. The van der Waals surface area contributed by atoms with Gasteiger partial charge in [-0.05, 0) is 29.5 Å². The molecule has 0 spiro atoms. The summed E-state index contributed by atoms with van der Waals surface area (Å²) in [6.07, 6.45) is 5.76. The SMILES string of the molecule is CC(C)(C)Cc1cnc2oc(CC(C)(C)c3cncs3)cc2c1. The molecule has 0 saturated carbocycles. The monoisotopic (exact) mass is 328 g/mol. The van der Waals surface area contributed by atoms with Crippen LogP contribution in [0.5, 0.6) is 0 Å². The van der Waals surface area contributed by atoms with Crippen LogP contribution >= 0.6 is 11.3 Å². The lowest BCUT2D eigenvalue weighted by atomic mass is 9.87. The average molecular weight is 328 g/mol. The molecule has 23 heavy (non-hydrogen) atoms. The van der Waals surface area contributed by atoms with Crippen molar-refractivity contribution in [2.75, 3.05) is 0 Å². The summed E-state index contributed by atoms with van der Waals surface area (Å²) >= 11 is 1.70. The van der Waals surface area contributed by atoms with Gasteiger partial charge in [-0.2, -0.15) is 0 Å². The normalized spacial score (nSPS) is 12.9. The summed E-state index contributed by atoms with van der Waals surface area (Å²) in [5, 5.41) is 1.10. The lowest BCUT2D eigenvalue weighted by Crippen LogP contribution is -2.18. The van der Waals surface area contributed by atoms with E-state index >= 15 is 0 Å². The second-order valence-electron chi connectivity index (χ2n) is 8.11. The quantitative estimate of drug-likeness (QED) is 0.644. The van der Waals surface area contributed by atoms with Gasteiger partial charge in [0.05, 0.1) is 5.51 Å². The molecule has 0 saturated heterocycles. The van der Waals surface area contributed by atoms with E-state index in [2.05, 4.69) is 56.7 Å². The largest absolute Gasteiger partial charge is 0.443 e. The van der Waals surface area contributed by atoms with Gasteiger partial charge >= 0.3 is 0 Å². The number of nitrogens with zero attached hydrogens (tertiary/aromatic N) is 2. The predicted molar refractivity (Wildman–Crippen MR) is 96.0 cm³/mol. The summed E-state index contributed by atoms with van der Waals surface area (Å²) in [5.41, 5.74) is 4.16. The van der Waals surface area contributed by atoms with Crippen molar-refractivity contribution in [3.8, 4) is 0 Å². The standard InChI is InChI=1S/C19H24N2OS/c1-18(2,3)8-13-6-14-7-15(22-17(14)21-10-13)9-19(4,5)16-11-20-12-23-16/h6-7,10-12H,8-9H2,1-5H3. The number of hydrogen-bond donors (Lipinski definition) is 0. The highest BCUT2D eigenvalue weighted by Crippen LogP contribution is 2.32. The average Bonchev–Trinajstić information content (AvgIpc) is 3.03. The van der Waals surface area contributed by atoms with E-state index in [1.165, 1.54) is 10.4 Å². The Morgan fingerprint density at radius 2 is 1.83 bits per heavy atom. The molecule has 3 aromatic heterocycles. The van der Waals surface area contributed by atoms with Crippen molar-refractivity contribution < 1.29 is 4.42 Å². The first-order chi connectivity index (χ1) is 10.7. The molecule has 4 heteroatoms. The molecule has 3 aromatic rings. The molecule has 3 heterocycles. The van der Waals surface area contributed by atoms with E-state index in [9.17, 15) is 0 Å². The molecule has 0 bridgehead atoms. The van der Waals surface area contributed by atoms with Crippen molar-refractivity contribution >= 4 is 22.4 Å². The summed E-state index contributed by atoms with van der Waals surface area (Å²) in [4.78, 5) is 9.97. The number of pyridine rings is 1. The molecule has 0 N–H and O–H groups in total. The van der Waals surface area contributed by atoms with Crippen LogP contribution in [0, 0.1) is 5.41 Å². The second kappa shape index (κ2) is 5.75. The fraction of sp³-hybridized carbons (Fsp3) is 0.474. The van der Waals surface area contributed by atoms with Gasteiger partial charge < -0.3 is 4.42 Å². The molecule has 0 aliphatic heterocycles. The van der Waals surface area contributed by atoms with Gasteiger partial charge in [0.25, 0.3) is 0 Å². The number of aromatic nitrogens is 2. The first kappa shape index (κ1) is 16.2. The van der Waals surface area contributed by atoms with E-state index in [-0.39, 0.29) is 10.8 Å². The van der Waals surface area contributed by atoms with E-state index in [0.717, 1.165) is 29.7 Å². The maximum absolute atomic E-state index is 5.96. The molecule has 0 atom stereocenters. The van der Waals surface area contributed by atoms with Gasteiger partial charge in [0.2, 0.25) is 5.71 Å². The third kappa shape index (κ3) is 3.81. The zero-order valence-corrected chi connectivity index (χ0v) is 15.3. The number of fused-ring (bicyclic) bond motifs is 1. The molecule has 0 amide bonds. The zero-order chi connectivity index (χ0) is 16.7. The second-order valence-corrected chi connectivity index (χ2v) is 9.00. The summed E-state index contributed by atoms with van der Waals surface area (Å²) in [7, 11) is 0. The Morgan fingerprint density at radius 3 is 2.48 bits per heavy atom. The molecule has 0 radical (unpaired) electrons. The summed E-state index contributed by atoms with van der Waals surface area (Å²) in [5.74, 6) is 0.985. The van der Waals surface area contributed by atoms with Gasteiger partial charge in [-0.1, -0.05) is 34.6 Å². The molecule has 0 aromatic carbocycles. The van der Waals surface area contributed by atoms with E-state index in [0.29, 0.717) is 0 Å². The van der Waals surface area contributed by atoms with Crippen molar-refractivity contribution in [2.45, 2.75) is 52.9 Å². The van der Waals surface area contributed by atoms with Crippen LogP contribution in [0.4, 0.5) is 0 Å². The van der Waals surface area contributed by atoms with Crippen molar-refractivity contribution in [2.24, 2.45) is 5.41 Å². The zero-order valence-electron chi connectivity index (χ0n) is 14.5. The van der Waals surface area contributed by atoms with Crippen LogP contribution in [-0.2, 0) is 18.3 Å². The Morgan fingerprint density at radius 1 is 1.04 bits per heavy atom. The van der Waals surface area contributed by atoms with Crippen LogP contribution in [0.15, 0.2) is 34.5 Å². The third-order valence-corrected chi connectivity index (χ3v) is 5.07. The number of hydrogen-bond acceptors (Lipinski definition) is 4. The molecule has 0 fully saturated rings. The van der Waals surface area contributed by atoms with Gasteiger partial charge in [0, 0.05) is 34.5 Å². The fourth-order valence-corrected chi connectivity index (χ4v) is 3.65. The third-order valence-electron chi connectivity index (χ3n) is 3.93. The highest BCUT2D eigenvalue weighted by atomic mass is 32.1. The Balaban J connectivity index is 1.86. The van der Waals surface area contributed by atoms with E-state index in [1.54, 1.807) is 11.3 Å². The minimum Gasteiger partial charge on any atom is -0.443 e. The van der Waals surface area contributed by atoms with Crippen LogP contribution in [0.3, 0.4) is 0 Å². The number of thiazole rings is 1. The fourth-order valence-electron chi connectivity index (χ4n) is 2.90. The van der Waals surface area contributed by atoms with E-state index in [1.807, 2.05) is 17.9 Å². The number of rotatable bonds is 4. The van der Waals surface area contributed by atoms with Crippen molar-refractivity contribution in [1.29, 1.82) is 0 Å². The van der Waals surface area contributed by atoms with Crippen molar-refractivity contribution in [3.63, 3.8) is 0 Å². The maximum Gasteiger partial charge on any atom is 0.226 e. The van der Waals surface area contributed by atoms with Gasteiger partial charge in [-0.3, -0.25) is 4.98 Å². The molecule has 3 rings (SSSR count). The molecular weight excluding hydrogens is 304 g/mol. The lowest BCUT2D eigenvalue weighted by Gasteiger charge is -2.20. The first-order valence-electron chi connectivity index (χ1n) is 7.99. The van der Waals surface area contributed by atoms with Crippen LogP contribution in [0.25, 0.3) is 11.1 Å².